The zero-order valence-electron chi connectivity index (χ0n) is 16.8. The van der Waals surface area contributed by atoms with E-state index in [1.807, 2.05) is 12.1 Å². The summed E-state index contributed by atoms with van der Waals surface area (Å²) in [5.41, 5.74) is 1.48. The first kappa shape index (κ1) is 23.2. The summed E-state index contributed by atoms with van der Waals surface area (Å²) in [4.78, 5) is 39.0. The zero-order chi connectivity index (χ0) is 23.5. The Hall–Kier alpha value is -2.94. The van der Waals surface area contributed by atoms with Crippen LogP contribution in [0.4, 0.5) is 10.5 Å². The molecule has 3 aromatic rings. The van der Waals surface area contributed by atoms with Gasteiger partial charge in [0.25, 0.3) is 11.8 Å². The molecule has 4 rings (SSSR count). The molecule has 9 heteroatoms. The van der Waals surface area contributed by atoms with Gasteiger partial charge >= 0.3 is 6.03 Å². The predicted octanol–water partition coefficient (Wildman–Crippen LogP) is 6.11. The lowest BCUT2D eigenvalue weighted by Crippen LogP contribution is -2.54. The molecule has 1 fully saturated rings. The van der Waals surface area contributed by atoms with E-state index in [9.17, 15) is 14.4 Å². The van der Waals surface area contributed by atoms with Crippen LogP contribution in [0.25, 0.3) is 6.08 Å². The van der Waals surface area contributed by atoms with Crippen LogP contribution in [0, 0.1) is 0 Å². The largest absolute Gasteiger partial charge is 0.487 e. The average Bonchev–Trinajstić information content (AvgIpc) is 2.76. The first-order chi connectivity index (χ1) is 15.8. The number of para-hydroxylation sites is 1. The minimum atomic E-state index is -0.804. The molecule has 0 bridgehead atoms. The summed E-state index contributed by atoms with van der Waals surface area (Å²) < 4.78 is 7.33. The number of anilines is 1. The minimum absolute atomic E-state index is 0.198. The van der Waals surface area contributed by atoms with Gasteiger partial charge in [-0.2, -0.15) is 0 Å². The molecule has 1 aliphatic rings. The number of ether oxygens (including phenoxy) is 1. The van der Waals surface area contributed by atoms with E-state index in [2.05, 4.69) is 37.2 Å². The van der Waals surface area contributed by atoms with Crippen molar-refractivity contribution in [1.29, 1.82) is 0 Å². The van der Waals surface area contributed by atoms with Gasteiger partial charge in [0, 0.05) is 15.1 Å². The second-order valence-electron chi connectivity index (χ2n) is 7.02. The van der Waals surface area contributed by atoms with E-state index in [1.54, 1.807) is 54.6 Å². The molecule has 1 aliphatic heterocycles. The average molecular weight is 591 g/mol. The molecule has 33 heavy (non-hydrogen) atoms. The van der Waals surface area contributed by atoms with Gasteiger partial charge < -0.3 is 4.74 Å². The summed E-state index contributed by atoms with van der Waals surface area (Å²) in [6.07, 6.45) is 1.41. The summed E-state index contributed by atoms with van der Waals surface area (Å²) in [5.74, 6) is -1.09. The van der Waals surface area contributed by atoms with Crippen molar-refractivity contribution in [3.05, 3.63) is 97.4 Å². The third-order valence-electron chi connectivity index (χ3n) is 4.73. The number of urea groups is 1. The molecule has 166 valence electrons. The van der Waals surface area contributed by atoms with E-state index in [0.29, 0.717) is 31.0 Å². The second-order valence-corrected chi connectivity index (χ2v) is 9.22. The first-order valence-electron chi connectivity index (χ1n) is 9.66. The van der Waals surface area contributed by atoms with Gasteiger partial charge in [0.05, 0.1) is 10.2 Å². The lowest BCUT2D eigenvalue weighted by molar-refractivity contribution is -0.122. The van der Waals surface area contributed by atoms with Gasteiger partial charge in [0.1, 0.15) is 17.9 Å². The number of nitrogens with one attached hydrogen (secondary N) is 1. The van der Waals surface area contributed by atoms with Crippen LogP contribution in [0.5, 0.6) is 5.75 Å². The van der Waals surface area contributed by atoms with E-state index in [-0.39, 0.29) is 12.2 Å². The Balaban J connectivity index is 1.71. The topological polar surface area (TPSA) is 75.7 Å². The molecule has 1 N–H and O–H groups in total. The normalized spacial score (nSPS) is 15.1. The highest BCUT2D eigenvalue weighted by atomic mass is 79.9. The molecule has 0 atom stereocenters. The fraction of sp³-hybridized carbons (Fsp3) is 0.0417. The van der Waals surface area contributed by atoms with E-state index in [1.165, 1.54) is 6.08 Å². The molecule has 0 radical (unpaired) electrons. The van der Waals surface area contributed by atoms with Gasteiger partial charge in [-0.15, -0.1) is 0 Å². The number of barbiturate groups is 1. The van der Waals surface area contributed by atoms with Crippen molar-refractivity contribution in [2.24, 2.45) is 0 Å². The Morgan fingerprint density at radius 2 is 1.73 bits per heavy atom. The number of hydrogen-bond acceptors (Lipinski definition) is 4. The molecule has 0 aliphatic carbocycles. The zero-order valence-corrected chi connectivity index (χ0v) is 20.8. The Bertz CT molecular complexity index is 1290. The van der Waals surface area contributed by atoms with Gasteiger partial charge in [-0.25, -0.2) is 9.69 Å². The number of rotatable bonds is 5. The van der Waals surface area contributed by atoms with Gasteiger partial charge in [-0.3, -0.25) is 14.9 Å². The van der Waals surface area contributed by atoms with Crippen molar-refractivity contribution >= 4 is 73.1 Å². The van der Waals surface area contributed by atoms with E-state index in [4.69, 9.17) is 16.3 Å². The fourth-order valence-corrected chi connectivity index (χ4v) is 4.83. The summed E-state index contributed by atoms with van der Waals surface area (Å²) in [5, 5.41) is 2.81. The number of halogens is 3. The van der Waals surface area contributed by atoms with Crippen LogP contribution < -0.4 is 15.0 Å². The van der Waals surface area contributed by atoms with Crippen LogP contribution in [0.3, 0.4) is 0 Å². The molecular formula is C24H15Br2ClN2O4. The maximum atomic E-state index is 13.1. The van der Waals surface area contributed by atoms with Gasteiger partial charge in [0.2, 0.25) is 0 Å². The molecule has 6 nitrogen and oxygen atoms in total. The van der Waals surface area contributed by atoms with Crippen LogP contribution in [0.15, 0.2) is 81.2 Å². The third-order valence-corrected chi connectivity index (χ3v) is 6.01. The maximum absolute atomic E-state index is 13.1. The minimum Gasteiger partial charge on any atom is -0.487 e. The third kappa shape index (κ3) is 5.19. The summed E-state index contributed by atoms with van der Waals surface area (Å²) >= 11 is 13.0. The smallest absolute Gasteiger partial charge is 0.335 e. The number of hydrogen-bond donors (Lipinski definition) is 1. The lowest BCUT2D eigenvalue weighted by atomic mass is 10.1. The Morgan fingerprint density at radius 3 is 2.45 bits per heavy atom. The lowest BCUT2D eigenvalue weighted by Gasteiger charge is -2.26. The number of carbonyl (C=O) groups excluding carboxylic acids is 3. The van der Waals surface area contributed by atoms with Crippen molar-refractivity contribution in [2.75, 3.05) is 4.90 Å². The van der Waals surface area contributed by atoms with Crippen LogP contribution in [-0.2, 0) is 16.2 Å². The molecule has 1 saturated heterocycles. The SMILES string of the molecule is O=C1NC(=O)N(c2ccccc2)C(=O)/C1=C/c1cc(Br)cc(Br)c1OCc1cccc(Cl)c1. The van der Waals surface area contributed by atoms with E-state index < -0.39 is 17.8 Å². The van der Waals surface area contributed by atoms with Crippen LogP contribution in [0.1, 0.15) is 11.1 Å². The van der Waals surface area contributed by atoms with E-state index in [0.717, 1.165) is 10.5 Å². The molecular weight excluding hydrogens is 576 g/mol. The number of nitrogens with zero attached hydrogens (tertiary/aromatic N) is 1. The number of carbonyl (C=O) groups is 3. The fourth-order valence-electron chi connectivity index (χ4n) is 3.25. The van der Waals surface area contributed by atoms with Crippen LogP contribution in [0.2, 0.25) is 5.02 Å². The molecule has 0 unspecified atom stereocenters. The van der Waals surface area contributed by atoms with Gasteiger partial charge in [-0.1, -0.05) is 57.9 Å². The number of imide groups is 2. The summed E-state index contributed by atoms with van der Waals surface area (Å²) in [7, 11) is 0. The van der Waals surface area contributed by atoms with E-state index >= 15 is 0 Å². The Kier molecular flexibility index (Phi) is 6.97. The highest BCUT2D eigenvalue weighted by Gasteiger charge is 2.37. The van der Waals surface area contributed by atoms with Crippen LogP contribution in [-0.4, -0.2) is 17.8 Å². The number of amides is 4. The quantitative estimate of drug-likeness (QED) is 0.288. The van der Waals surface area contributed by atoms with Crippen molar-refractivity contribution in [3.8, 4) is 5.75 Å². The number of benzene rings is 3. The van der Waals surface area contributed by atoms with Crippen molar-refractivity contribution < 1.29 is 19.1 Å². The first-order valence-corrected chi connectivity index (χ1v) is 11.6. The Labute approximate surface area is 211 Å². The van der Waals surface area contributed by atoms with Gasteiger partial charge in [-0.05, 0) is 64.0 Å². The summed E-state index contributed by atoms with van der Waals surface area (Å²) in [6, 6.07) is 18.3. The molecule has 0 saturated carbocycles. The monoisotopic (exact) mass is 588 g/mol. The molecule has 0 aromatic heterocycles. The standard InChI is InChI=1S/C24H15Br2ClN2O4/c25-16-10-15(21(20(26)12-16)33-13-14-5-4-6-17(27)9-14)11-19-22(30)28-24(32)29(23(19)31)18-7-2-1-3-8-18/h1-12H,13H2,(H,28,30,32)/b19-11+. The highest BCUT2D eigenvalue weighted by Crippen LogP contribution is 2.35. The van der Waals surface area contributed by atoms with Gasteiger partial charge in [0.15, 0.2) is 0 Å². The molecule has 0 spiro atoms. The van der Waals surface area contributed by atoms with Crippen molar-refractivity contribution in [2.45, 2.75) is 6.61 Å². The molecule has 3 aromatic carbocycles. The maximum Gasteiger partial charge on any atom is 0.335 e. The molecule has 4 amide bonds. The highest BCUT2D eigenvalue weighted by molar-refractivity contribution is 9.11. The van der Waals surface area contributed by atoms with Crippen LogP contribution >= 0.6 is 43.5 Å². The second kappa shape index (κ2) is 9.91. The summed E-state index contributed by atoms with van der Waals surface area (Å²) in [6.45, 7) is 0.214. The van der Waals surface area contributed by atoms with Crippen molar-refractivity contribution in [1.82, 2.24) is 5.32 Å². The predicted molar refractivity (Wildman–Crippen MR) is 133 cm³/mol. The Morgan fingerprint density at radius 1 is 0.970 bits per heavy atom. The van der Waals surface area contributed by atoms with Crippen molar-refractivity contribution in [3.63, 3.8) is 0 Å². The molecule has 1 heterocycles.